The molecule has 1 N–H and O–H groups in total. The first-order valence-corrected chi connectivity index (χ1v) is 11.3. The lowest BCUT2D eigenvalue weighted by Gasteiger charge is -2.29. The second-order valence-electron chi connectivity index (χ2n) is 7.82. The summed E-state index contributed by atoms with van der Waals surface area (Å²) in [5, 5.41) is 2.77. The standard InChI is InChI=1S/C25H33N3O3/c1-4-15-27(16-5-2)18-24(29)28-22-10-8-7-9-19(22)11-12-20-13-14-21(17-23(20)28)26-25(30)31-6-3/h7-10,13-14,17H,4-6,11-12,15-16,18H2,1-3H3,(H,26,30). The summed E-state index contributed by atoms with van der Waals surface area (Å²) in [6, 6.07) is 13.9. The number of carbonyl (C=O) groups is 2. The van der Waals surface area contributed by atoms with Gasteiger partial charge in [0.15, 0.2) is 0 Å². The van der Waals surface area contributed by atoms with Gasteiger partial charge in [-0.05, 0) is 75.0 Å². The van der Waals surface area contributed by atoms with Crippen molar-refractivity contribution in [3.63, 3.8) is 0 Å². The number of nitrogens with one attached hydrogen (secondary N) is 1. The number of para-hydroxylation sites is 1. The van der Waals surface area contributed by atoms with Crippen LogP contribution < -0.4 is 10.2 Å². The molecule has 0 saturated carbocycles. The molecule has 2 aromatic carbocycles. The molecule has 0 atom stereocenters. The molecule has 0 fully saturated rings. The van der Waals surface area contributed by atoms with E-state index in [0.29, 0.717) is 18.8 Å². The number of rotatable bonds is 8. The Bertz CT molecular complexity index is 907. The Morgan fingerprint density at radius 1 is 0.968 bits per heavy atom. The van der Waals surface area contributed by atoms with Crippen molar-refractivity contribution >= 4 is 29.1 Å². The molecule has 6 nitrogen and oxygen atoms in total. The van der Waals surface area contributed by atoms with Gasteiger partial charge < -0.3 is 4.74 Å². The van der Waals surface area contributed by atoms with Crippen LogP contribution in [0.25, 0.3) is 0 Å². The number of ether oxygens (including phenoxy) is 1. The highest BCUT2D eigenvalue weighted by molar-refractivity contribution is 6.04. The number of hydrogen-bond donors (Lipinski definition) is 1. The highest BCUT2D eigenvalue weighted by Crippen LogP contribution is 2.37. The van der Waals surface area contributed by atoms with Crippen LogP contribution in [-0.4, -0.2) is 43.1 Å². The van der Waals surface area contributed by atoms with Gasteiger partial charge in [-0.2, -0.15) is 0 Å². The van der Waals surface area contributed by atoms with Crippen molar-refractivity contribution in [2.24, 2.45) is 0 Å². The average molecular weight is 424 g/mol. The van der Waals surface area contributed by atoms with Crippen molar-refractivity contribution < 1.29 is 14.3 Å². The summed E-state index contributed by atoms with van der Waals surface area (Å²) < 4.78 is 5.01. The Kier molecular flexibility index (Phi) is 8.06. The fourth-order valence-corrected chi connectivity index (χ4v) is 4.12. The first kappa shape index (κ1) is 22.8. The van der Waals surface area contributed by atoms with Gasteiger partial charge in [-0.25, -0.2) is 4.79 Å². The third-order valence-electron chi connectivity index (χ3n) is 5.43. The van der Waals surface area contributed by atoms with Gasteiger partial charge in [0, 0.05) is 5.69 Å². The molecule has 31 heavy (non-hydrogen) atoms. The van der Waals surface area contributed by atoms with Crippen LogP contribution in [0, 0.1) is 0 Å². The highest BCUT2D eigenvalue weighted by atomic mass is 16.5. The maximum atomic E-state index is 13.6. The van der Waals surface area contributed by atoms with Gasteiger partial charge in [-0.3, -0.25) is 19.9 Å². The number of benzene rings is 2. The lowest BCUT2D eigenvalue weighted by Crippen LogP contribution is -2.39. The third kappa shape index (κ3) is 5.64. The first-order chi connectivity index (χ1) is 15.1. The summed E-state index contributed by atoms with van der Waals surface area (Å²) in [7, 11) is 0. The zero-order valence-corrected chi connectivity index (χ0v) is 18.8. The Labute approximate surface area is 185 Å². The molecule has 0 aliphatic carbocycles. The molecule has 166 valence electrons. The second-order valence-corrected chi connectivity index (χ2v) is 7.82. The summed E-state index contributed by atoms with van der Waals surface area (Å²) in [4.78, 5) is 29.6. The van der Waals surface area contributed by atoms with Crippen molar-refractivity contribution in [2.75, 3.05) is 36.5 Å². The van der Waals surface area contributed by atoms with Crippen LogP contribution in [0.3, 0.4) is 0 Å². The van der Waals surface area contributed by atoms with E-state index < -0.39 is 6.09 Å². The molecule has 1 heterocycles. The fraction of sp³-hybridized carbons (Fsp3) is 0.440. The number of anilines is 3. The van der Waals surface area contributed by atoms with E-state index in [4.69, 9.17) is 4.74 Å². The largest absolute Gasteiger partial charge is 0.450 e. The van der Waals surface area contributed by atoms with Gasteiger partial charge in [0.2, 0.25) is 5.91 Å². The topological polar surface area (TPSA) is 61.9 Å². The van der Waals surface area contributed by atoms with Gasteiger partial charge in [-0.1, -0.05) is 38.1 Å². The van der Waals surface area contributed by atoms with Gasteiger partial charge in [0.05, 0.1) is 24.5 Å². The Balaban J connectivity index is 1.99. The predicted octanol–water partition coefficient (Wildman–Crippen LogP) is 5.14. The molecule has 0 spiro atoms. The lowest BCUT2D eigenvalue weighted by molar-refractivity contribution is -0.119. The SMILES string of the molecule is CCCN(CCC)CC(=O)N1c2ccccc2CCc2ccc(NC(=O)OCC)cc21. The molecule has 3 rings (SSSR count). The molecular formula is C25H33N3O3. The van der Waals surface area contributed by atoms with E-state index in [1.54, 1.807) is 6.92 Å². The zero-order chi connectivity index (χ0) is 22.2. The predicted molar refractivity (Wildman–Crippen MR) is 125 cm³/mol. The number of aryl methyl sites for hydroxylation is 2. The fourth-order valence-electron chi connectivity index (χ4n) is 4.12. The van der Waals surface area contributed by atoms with Crippen LogP contribution in [0.15, 0.2) is 42.5 Å². The lowest BCUT2D eigenvalue weighted by atomic mass is 10.0. The van der Waals surface area contributed by atoms with E-state index in [-0.39, 0.29) is 5.91 Å². The smallest absolute Gasteiger partial charge is 0.411 e. The van der Waals surface area contributed by atoms with E-state index in [1.807, 2.05) is 41.3 Å². The molecule has 1 aliphatic rings. The summed E-state index contributed by atoms with van der Waals surface area (Å²) in [6.07, 6.45) is 3.22. The molecule has 0 saturated heterocycles. The minimum absolute atomic E-state index is 0.0470. The normalized spacial score (nSPS) is 12.7. The van der Waals surface area contributed by atoms with Crippen molar-refractivity contribution in [1.29, 1.82) is 0 Å². The summed E-state index contributed by atoms with van der Waals surface area (Å²) in [5.41, 5.74) is 4.62. The highest BCUT2D eigenvalue weighted by Gasteiger charge is 2.27. The van der Waals surface area contributed by atoms with Crippen LogP contribution in [0.1, 0.15) is 44.7 Å². The minimum atomic E-state index is -0.494. The summed E-state index contributed by atoms with van der Waals surface area (Å²) in [5.74, 6) is 0.0470. The number of hydrogen-bond acceptors (Lipinski definition) is 4. The third-order valence-corrected chi connectivity index (χ3v) is 5.43. The van der Waals surface area contributed by atoms with Gasteiger partial charge in [0.1, 0.15) is 0 Å². The Morgan fingerprint density at radius 3 is 2.32 bits per heavy atom. The van der Waals surface area contributed by atoms with Crippen LogP contribution in [0.5, 0.6) is 0 Å². The average Bonchev–Trinajstić information content (AvgIpc) is 2.91. The van der Waals surface area contributed by atoms with Crippen molar-refractivity contribution in [1.82, 2.24) is 4.90 Å². The quantitative estimate of drug-likeness (QED) is 0.639. The molecule has 2 amide bonds. The molecule has 0 aromatic heterocycles. The van der Waals surface area contributed by atoms with Crippen molar-refractivity contribution in [2.45, 2.75) is 46.5 Å². The summed E-state index contributed by atoms with van der Waals surface area (Å²) in [6.45, 7) is 8.50. The van der Waals surface area contributed by atoms with E-state index in [0.717, 1.165) is 61.3 Å². The van der Waals surface area contributed by atoms with Gasteiger partial charge >= 0.3 is 6.09 Å². The molecule has 0 bridgehead atoms. The van der Waals surface area contributed by atoms with Crippen molar-refractivity contribution in [3.8, 4) is 0 Å². The molecule has 6 heteroatoms. The van der Waals surface area contributed by atoms with Crippen LogP contribution in [0.2, 0.25) is 0 Å². The number of nitrogens with zero attached hydrogens (tertiary/aromatic N) is 2. The molecule has 1 aliphatic heterocycles. The van der Waals surface area contributed by atoms with Gasteiger partial charge in [-0.15, -0.1) is 0 Å². The molecule has 2 aromatic rings. The van der Waals surface area contributed by atoms with Crippen molar-refractivity contribution in [3.05, 3.63) is 53.6 Å². The van der Waals surface area contributed by atoms with E-state index >= 15 is 0 Å². The first-order valence-electron chi connectivity index (χ1n) is 11.3. The van der Waals surface area contributed by atoms with Gasteiger partial charge in [0.25, 0.3) is 0 Å². The molecule has 0 radical (unpaired) electrons. The van der Waals surface area contributed by atoms with E-state index in [1.165, 1.54) is 0 Å². The van der Waals surface area contributed by atoms with E-state index in [9.17, 15) is 9.59 Å². The summed E-state index contributed by atoms with van der Waals surface area (Å²) >= 11 is 0. The molecule has 0 unspecified atom stereocenters. The number of carbonyl (C=O) groups excluding carboxylic acids is 2. The van der Waals surface area contributed by atoms with Crippen LogP contribution >= 0.6 is 0 Å². The minimum Gasteiger partial charge on any atom is -0.450 e. The Hall–Kier alpha value is -2.86. The van der Waals surface area contributed by atoms with Crippen LogP contribution in [-0.2, 0) is 22.4 Å². The zero-order valence-electron chi connectivity index (χ0n) is 18.8. The second kappa shape index (κ2) is 11.0. The van der Waals surface area contributed by atoms with Crippen LogP contribution in [0.4, 0.5) is 21.9 Å². The maximum absolute atomic E-state index is 13.6. The number of amides is 2. The monoisotopic (exact) mass is 423 g/mol. The Morgan fingerprint density at radius 2 is 1.65 bits per heavy atom. The maximum Gasteiger partial charge on any atom is 0.411 e. The number of fused-ring (bicyclic) bond motifs is 2. The van der Waals surface area contributed by atoms with E-state index in [2.05, 4.69) is 30.1 Å². The molecular weight excluding hydrogens is 390 g/mol.